The van der Waals surface area contributed by atoms with E-state index in [2.05, 4.69) is 0 Å². The fourth-order valence-electron chi connectivity index (χ4n) is 1.36. The predicted octanol–water partition coefficient (Wildman–Crippen LogP) is 0.676. The number of benzene rings is 1. The molecule has 0 heterocycles. The zero-order valence-electron chi connectivity index (χ0n) is 7.88. The van der Waals surface area contributed by atoms with E-state index >= 15 is 0 Å². The van der Waals surface area contributed by atoms with E-state index in [0.717, 1.165) is 0 Å². The molecule has 3 nitrogen and oxygen atoms in total. The van der Waals surface area contributed by atoms with E-state index in [0.29, 0.717) is 16.9 Å². The van der Waals surface area contributed by atoms with Crippen LogP contribution in [0.2, 0.25) is 0 Å². The highest BCUT2D eigenvalue weighted by Crippen LogP contribution is 2.20. The van der Waals surface area contributed by atoms with Crippen LogP contribution in [-0.4, -0.2) is 13.1 Å². The summed E-state index contributed by atoms with van der Waals surface area (Å²) in [5.74, 6) is -0.474. The van der Waals surface area contributed by atoms with Crippen LogP contribution < -0.4 is 9.84 Å². The number of aromatic carboxylic acids is 1. The van der Waals surface area contributed by atoms with Crippen LogP contribution in [0.25, 0.3) is 0 Å². The molecule has 0 aliphatic rings. The predicted molar refractivity (Wildman–Crippen MR) is 46.8 cm³/mol. The number of carboxylic acid groups (broad SMARTS) is 1. The minimum atomic E-state index is -1.14. The smallest absolute Gasteiger partial charge is 0.119 e. The minimum Gasteiger partial charge on any atom is -0.545 e. The molecule has 0 amide bonds. The van der Waals surface area contributed by atoms with Gasteiger partial charge in [-0.05, 0) is 37.1 Å². The molecule has 0 fully saturated rings. The maximum absolute atomic E-state index is 10.7. The average Bonchev–Trinajstić information content (AvgIpc) is 2.02. The fourth-order valence-corrected chi connectivity index (χ4v) is 1.36. The minimum absolute atomic E-state index is 0.251. The van der Waals surface area contributed by atoms with Crippen LogP contribution in [0.3, 0.4) is 0 Å². The molecular weight excluding hydrogens is 168 g/mol. The summed E-state index contributed by atoms with van der Waals surface area (Å²) in [7, 11) is 1.55. The second-order valence-electron chi connectivity index (χ2n) is 2.92. The summed E-state index contributed by atoms with van der Waals surface area (Å²) in [5, 5.41) is 10.7. The van der Waals surface area contributed by atoms with Crippen LogP contribution in [0, 0.1) is 13.8 Å². The Morgan fingerprint density at radius 2 is 1.77 bits per heavy atom. The van der Waals surface area contributed by atoms with Crippen molar-refractivity contribution in [2.45, 2.75) is 13.8 Å². The Balaban J connectivity index is 3.31. The van der Waals surface area contributed by atoms with Gasteiger partial charge in [-0.2, -0.15) is 0 Å². The van der Waals surface area contributed by atoms with E-state index < -0.39 is 5.97 Å². The molecule has 1 rings (SSSR count). The third-order valence-electron chi connectivity index (χ3n) is 1.95. The lowest BCUT2D eigenvalue weighted by molar-refractivity contribution is -0.255. The van der Waals surface area contributed by atoms with Gasteiger partial charge in [0.1, 0.15) is 5.75 Å². The average molecular weight is 179 g/mol. The third kappa shape index (κ3) is 1.80. The molecule has 0 atom stereocenters. The van der Waals surface area contributed by atoms with Gasteiger partial charge in [0.05, 0.1) is 13.1 Å². The van der Waals surface area contributed by atoms with E-state index in [1.165, 1.54) is 0 Å². The highest BCUT2D eigenvalue weighted by molar-refractivity contribution is 5.89. The van der Waals surface area contributed by atoms with Gasteiger partial charge < -0.3 is 14.6 Å². The van der Waals surface area contributed by atoms with Gasteiger partial charge in [0.2, 0.25) is 0 Å². The van der Waals surface area contributed by atoms with E-state index in [1.807, 2.05) is 0 Å². The van der Waals surface area contributed by atoms with Gasteiger partial charge >= 0.3 is 0 Å². The number of ether oxygens (including phenoxy) is 1. The van der Waals surface area contributed by atoms with Crippen LogP contribution in [0.4, 0.5) is 0 Å². The molecule has 0 saturated carbocycles. The first-order chi connectivity index (χ1) is 6.06. The number of carboxylic acids is 1. The molecule has 1 aromatic rings. The second-order valence-corrected chi connectivity index (χ2v) is 2.92. The Hall–Kier alpha value is -1.51. The molecule has 1 aromatic carbocycles. The normalized spacial score (nSPS) is 9.77. The van der Waals surface area contributed by atoms with Gasteiger partial charge in [0.25, 0.3) is 0 Å². The molecule has 0 radical (unpaired) electrons. The number of hydrogen-bond acceptors (Lipinski definition) is 3. The SMILES string of the molecule is COc1cc(C)c(C(=O)[O-])c(C)c1. The molecule has 0 saturated heterocycles. The van der Waals surface area contributed by atoms with Crippen LogP contribution in [0.5, 0.6) is 5.75 Å². The van der Waals surface area contributed by atoms with Gasteiger partial charge in [-0.25, -0.2) is 0 Å². The molecule has 70 valence electrons. The monoisotopic (exact) mass is 179 g/mol. The van der Waals surface area contributed by atoms with E-state index in [-0.39, 0.29) is 5.56 Å². The first-order valence-corrected chi connectivity index (χ1v) is 3.93. The summed E-state index contributed by atoms with van der Waals surface area (Å²) >= 11 is 0. The van der Waals surface area contributed by atoms with Crippen molar-refractivity contribution in [2.24, 2.45) is 0 Å². The molecule has 0 N–H and O–H groups in total. The number of carbonyl (C=O) groups is 1. The van der Waals surface area contributed by atoms with Crippen molar-refractivity contribution in [1.82, 2.24) is 0 Å². The van der Waals surface area contributed by atoms with Crippen molar-refractivity contribution in [3.05, 3.63) is 28.8 Å². The van der Waals surface area contributed by atoms with Gasteiger partial charge in [-0.1, -0.05) is 0 Å². The molecule has 0 bridgehead atoms. The topological polar surface area (TPSA) is 49.4 Å². The van der Waals surface area contributed by atoms with Gasteiger partial charge in [0, 0.05) is 5.56 Å². The molecule has 0 spiro atoms. The molecule has 0 aromatic heterocycles. The van der Waals surface area contributed by atoms with E-state index in [9.17, 15) is 9.90 Å². The van der Waals surface area contributed by atoms with Crippen molar-refractivity contribution >= 4 is 5.97 Å². The largest absolute Gasteiger partial charge is 0.545 e. The zero-order chi connectivity index (χ0) is 10.0. The summed E-state index contributed by atoms with van der Waals surface area (Å²) in [5.41, 5.74) is 1.58. The molecular formula is C10H11O3-. The fraction of sp³-hybridized carbons (Fsp3) is 0.300. The standard InChI is InChI=1S/C10H12O3/c1-6-4-8(13-3)5-7(2)9(6)10(11)12/h4-5H,1-3H3,(H,11,12)/p-1. The van der Waals surface area contributed by atoms with Gasteiger partial charge in [0.15, 0.2) is 0 Å². The zero-order valence-corrected chi connectivity index (χ0v) is 7.88. The molecule has 0 aliphatic heterocycles. The lowest BCUT2D eigenvalue weighted by atomic mass is 10.0. The Labute approximate surface area is 77.0 Å². The summed E-state index contributed by atoms with van der Waals surface area (Å²) in [6, 6.07) is 3.36. The summed E-state index contributed by atoms with van der Waals surface area (Å²) < 4.78 is 5.00. The van der Waals surface area contributed by atoms with Crippen molar-refractivity contribution < 1.29 is 14.6 Å². The first kappa shape index (κ1) is 9.58. The van der Waals surface area contributed by atoms with Gasteiger partial charge in [-0.15, -0.1) is 0 Å². The summed E-state index contributed by atoms with van der Waals surface area (Å²) in [4.78, 5) is 10.7. The Bertz CT molecular complexity index is 319. The number of methoxy groups -OCH3 is 1. The second kappa shape index (κ2) is 3.47. The number of rotatable bonds is 2. The molecule has 3 heteroatoms. The van der Waals surface area contributed by atoms with Crippen LogP contribution in [0.1, 0.15) is 21.5 Å². The van der Waals surface area contributed by atoms with Crippen molar-refractivity contribution in [3.63, 3.8) is 0 Å². The lowest BCUT2D eigenvalue weighted by Gasteiger charge is -2.12. The number of aryl methyl sites for hydroxylation is 2. The summed E-state index contributed by atoms with van der Waals surface area (Å²) in [6.07, 6.45) is 0. The number of carbonyl (C=O) groups excluding carboxylic acids is 1. The number of hydrogen-bond donors (Lipinski definition) is 0. The van der Waals surface area contributed by atoms with Crippen LogP contribution in [0.15, 0.2) is 12.1 Å². The molecule has 0 unspecified atom stereocenters. The molecule has 0 aliphatic carbocycles. The van der Waals surface area contributed by atoms with Crippen molar-refractivity contribution in [3.8, 4) is 5.75 Å². The van der Waals surface area contributed by atoms with Crippen LogP contribution >= 0.6 is 0 Å². The Morgan fingerprint density at radius 1 is 1.31 bits per heavy atom. The Morgan fingerprint density at radius 3 is 2.08 bits per heavy atom. The lowest BCUT2D eigenvalue weighted by Crippen LogP contribution is -2.24. The maximum atomic E-state index is 10.7. The molecule has 13 heavy (non-hydrogen) atoms. The maximum Gasteiger partial charge on any atom is 0.119 e. The quantitative estimate of drug-likeness (QED) is 0.670. The first-order valence-electron chi connectivity index (χ1n) is 3.93. The van der Waals surface area contributed by atoms with Crippen LogP contribution in [-0.2, 0) is 0 Å². The van der Waals surface area contributed by atoms with E-state index in [4.69, 9.17) is 4.74 Å². The van der Waals surface area contributed by atoms with Crippen molar-refractivity contribution in [2.75, 3.05) is 7.11 Å². The van der Waals surface area contributed by atoms with E-state index in [1.54, 1.807) is 33.1 Å². The van der Waals surface area contributed by atoms with Gasteiger partial charge in [-0.3, -0.25) is 0 Å². The third-order valence-corrected chi connectivity index (χ3v) is 1.95. The summed E-state index contributed by atoms with van der Waals surface area (Å²) in [6.45, 7) is 3.45. The van der Waals surface area contributed by atoms with Crippen molar-refractivity contribution in [1.29, 1.82) is 0 Å². The highest BCUT2D eigenvalue weighted by Gasteiger charge is 2.05. The highest BCUT2D eigenvalue weighted by atomic mass is 16.5. The Kier molecular flexibility index (Phi) is 2.56.